The quantitative estimate of drug-likeness (QED) is 0.910. The summed E-state index contributed by atoms with van der Waals surface area (Å²) in [6.45, 7) is 7.55. The molecule has 2 rings (SSSR count). The largest absolute Gasteiger partial charge is 0.473 e. The molecular formula is C15H21N5O2. The van der Waals surface area contributed by atoms with Crippen molar-refractivity contribution in [2.45, 2.75) is 33.8 Å². The number of anilines is 2. The minimum absolute atomic E-state index is 0.0266. The van der Waals surface area contributed by atoms with E-state index in [0.29, 0.717) is 17.3 Å². The Kier molecular flexibility index (Phi) is 4.65. The lowest BCUT2D eigenvalue weighted by Gasteiger charge is -2.14. The van der Waals surface area contributed by atoms with Gasteiger partial charge in [0.25, 0.3) is 0 Å². The van der Waals surface area contributed by atoms with E-state index in [1.807, 2.05) is 34.7 Å². The summed E-state index contributed by atoms with van der Waals surface area (Å²) in [5, 5.41) is 9.83. The average molecular weight is 303 g/mol. The maximum atomic E-state index is 12.2. The van der Waals surface area contributed by atoms with Gasteiger partial charge in [0.05, 0.1) is 23.2 Å². The molecule has 0 aliphatic carbocycles. The van der Waals surface area contributed by atoms with Gasteiger partial charge in [0.2, 0.25) is 5.88 Å². The molecule has 0 saturated heterocycles. The number of carbonyl (C=O) groups is 1. The van der Waals surface area contributed by atoms with E-state index in [-0.39, 0.29) is 12.1 Å². The van der Waals surface area contributed by atoms with Crippen molar-refractivity contribution in [3.8, 4) is 5.88 Å². The molecule has 118 valence electrons. The van der Waals surface area contributed by atoms with Crippen LogP contribution in [0.25, 0.3) is 0 Å². The number of hydrogen-bond acceptors (Lipinski definition) is 4. The lowest BCUT2D eigenvalue weighted by atomic mass is 10.3. The fourth-order valence-electron chi connectivity index (χ4n) is 2.02. The molecule has 0 aromatic carbocycles. The highest BCUT2D eigenvalue weighted by Gasteiger charge is 2.14. The minimum Gasteiger partial charge on any atom is -0.473 e. The Bertz CT molecular complexity index is 679. The van der Waals surface area contributed by atoms with Crippen LogP contribution in [-0.2, 0) is 7.05 Å². The predicted octanol–water partition coefficient (Wildman–Crippen LogP) is 2.86. The second-order valence-corrected chi connectivity index (χ2v) is 5.27. The lowest BCUT2D eigenvalue weighted by Crippen LogP contribution is -2.21. The molecule has 0 unspecified atom stereocenters. The van der Waals surface area contributed by atoms with E-state index in [0.717, 1.165) is 11.4 Å². The molecular weight excluding hydrogens is 282 g/mol. The molecule has 2 N–H and O–H groups in total. The molecule has 7 heteroatoms. The second kappa shape index (κ2) is 6.46. The van der Waals surface area contributed by atoms with Gasteiger partial charge in [0.15, 0.2) is 0 Å². The fourth-order valence-corrected chi connectivity index (χ4v) is 2.02. The standard InChI is InChI=1S/C15H21N5O2/c1-9(2)22-14-12(7-6-8-16-14)17-15(21)18-13-10(3)19-20(5)11(13)4/h6-9H,1-5H3,(H2,17,18,21). The Balaban J connectivity index is 2.12. The summed E-state index contributed by atoms with van der Waals surface area (Å²) in [7, 11) is 1.83. The Morgan fingerprint density at radius 2 is 2.05 bits per heavy atom. The fraction of sp³-hybridized carbons (Fsp3) is 0.400. The zero-order valence-electron chi connectivity index (χ0n) is 13.5. The third-order valence-electron chi connectivity index (χ3n) is 3.11. The molecule has 0 fully saturated rings. The first-order valence-corrected chi connectivity index (χ1v) is 7.08. The number of aryl methyl sites for hydroxylation is 2. The second-order valence-electron chi connectivity index (χ2n) is 5.27. The van der Waals surface area contributed by atoms with Gasteiger partial charge in [0, 0.05) is 13.2 Å². The number of pyridine rings is 1. The van der Waals surface area contributed by atoms with Crippen LogP contribution < -0.4 is 15.4 Å². The Morgan fingerprint density at radius 3 is 2.64 bits per heavy atom. The van der Waals surface area contributed by atoms with Crippen molar-refractivity contribution in [2.24, 2.45) is 7.05 Å². The summed E-state index contributed by atoms with van der Waals surface area (Å²) in [5.74, 6) is 0.396. The molecule has 0 atom stereocenters. The van der Waals surface area contributed by atoms with Crippen LogP contribution in [0.4, 0.5) is 16.2 Å². The topological polar surface area (TPSA) is 81.1 Å². The van der Waals surface area contributed by atoms with E-state index in [9.17, 15) is 4.79 Å². The van der Waals surface area contributed by atoms with E-state index in [1.54, 1.807) is 23.0 Å². The van der Waals surface area contributed by atoms with Crippen molar-refractivity contribution in [1.82, 2.24) is 14.8 Å². The Morgan fingerprint density at radius 1 is 1.32 bits per heavy atom. The van der Waals surface area contributed by atoms with E-state index < -0.39 is 0 Å². The summed E-state index contributed by atoms with van der Waals surface area (Å²) in [4.78, 5) is 16.3. The highest BCUT2D eigenvalue weighted by Crippen LogP contribution is 2.23. The van der Waals surface area contributed by atoms with Crippen molar-refractivity contribution in [2.75, 3.05) is 10.6 Å². The molecule has 7 nitrogen and oxygen atoms in total. The van der Waals surface area contributed by atoms with Crippen molar-refractivity contribution < 1.29 is 9.53 Å². The van der Waals surface area contributed by atoms with Gasteiger partial charge in [-0.2, -0.15) is 5.10 Å². The summed E-state index contributed by atoms with van der Waals surface area (Å²) < 4.78 is 7.30. The number of urea groups is 1. The number of nitrogens with zero attached hydrogens (tertiary/aromatic N) is 3. The van der Waals surface area contributed by atoms with E-state index in [2.05, 4.69) is 20.7 Å². The third-order valence-corrected chi connectivity index (χ3v) is 3.11. The predicted molar refractivity (Wildman–Crippen MR) is 85.3 cm³/mol. The number of rotatable bonds is 4. The van der Waals surface area contributed by atoms with Crippen molar-refractivity contribution in [3.05, 3.63) is 29.7 Å². The first kappa shape index (κ1) is 15.8. The van der Waals surface area contributed by atoms with Crippen LogP contribution in [-0.4, -0.2) is 26.9 Å². The molecule has 0 bridgehead atoms. The highest BCUT2D eigenvalue weighted by atomic mass is 16.5. The van der Waals surface area contributed by atoms with Crippen LogP contribution in [0.5, 0.6) is 5.88 Å². The zero-order valence-corrected chi connectivity index (χ0v) is 13.5. The van der Waals surface area contributed by atoms with Gasteiger partial charge in [-0.05, 0) is 39.8 Å². The van der Waals surface area contributed by atoms with Crippen LogP contribution in [0.3, 0.4) is 0 Å². The number of nitrogens with one attached hydrogen (secondary N) is 2. The first-order chi connectivity index (χ1) is 10.4. The summed E-state index contributed by atoms with van der Waals surface area (Å²) in [6, 6.07) is 3.12. The van der Waals surface area contributed by atoms with E-state index in [1.165, 1.54) is 0 Å². The summed E-state index contributed by atoms with van der Waals surface area (Å²) in [6.07, 6.45) is 1.59. The van der Waals surface area contributed by atoms with Crippen LogP contribution in [0.1, 0.15) is 25.2 Å². The number of hydrogen-bond donors (Lipinski definition) is 2. The number of aromatic nitrogens is 3. The number of amides is 2. The average Bonchev–Trinajstić information content (AvgIpc) is 2.67. The zero-order chi connectivity index (χ0) is 16.3. The highest BCUT2D eigenvalue weighted by molar-refractivity contribution is 6.01. The molecule has 0 radical (unpaired) electrons. The summed E-state index contributed by atoms with van der Waals surface area (Å²) in [5.41, 5.74) is 2.88. The van der Waals surface area contributed by atoms with E-state index in [4.69, 9.17) is 4.74 Å². The SMILES string of the molecule is Cc1nn(C)c(C)c1NC(=O)Nc1cccnc1OC(C)C. The third kappa shape index (κ3) is 3.55. The lowest BCUT2D eigenvalue weighted by molar-refractivity contribution is 0.233. The molecule has 2 heterocycles. The summed E-state index contributed by atoms with van der Waals surface area (Å²) >= 11 is 0. The van der Waals surface area contributed by atoms with Gasteiger partial charge < -0.3 is 15.4 Å². The minimum atomic E-state index is -0.360. The van der Waals surface area contributed by atoms with Gasteiger partial charge >= 0.3 is 6.03 Å². The maximum absolute atomic E-state index is 12.2. The monoisotopic (exact) mass is 303 g/mol. The molecule has 2 aromatic heterocycles. The normalized spacial score (nSPS) is 10.6. The smallest absolute Gasteiger partial charge is 0.323 e. The van der Waals surface area contributed by atoms with Crippen molar-refractivity contribution in [3.63, 3.8) is 0 Å². The Labute approximate surface area is 129 Å². The van der Waals surface area contributed by atoms with Crippen LogP contribution in [0.2, 0.25) is 0 Å². The van der Waals surface area contributed by atoms with Crippen molar-refractivity contribution >= 4 is 17.4 Å². The molecule has 0 saturated carbocycles. The first-order valence-electron chi connectivity index (χ1n) is 7.08. The van der Waals surface area contributed by atoms with Gasteiger partial charge in [0.1, 0.15) is 5.69 Å². The van der Waals surface area contributed by atoms with Gasteiger partial charge in [-0.15, -0.1) is 0 Å². The molecule has 2 amide bonds. The number of ether oxygens (including phenoxy) is 1. The van der Waals surface area contributed by atoms with Crippen LogP contribution in [0.15, 0.2) is 18.3 Å². The molecule has 2 aromatic rings. The van der Waals surface area contributed by atoms with E-state index >= 15 is 0 Å². The van der Waals surface area contributed by atoms with Crippen molar-refractivity contribution in [1.29, 1.82) is 0 Å². The molecule has 0 aliphatic rings. The molecule has 22 heavy (non-hydrogen) atoms. The van der Waals surface area contributed by atoms with Gasteiger partial charge in [-0.25, -0.2) is 9.78 Å². The van der Waals surface area contributed by atoms with Crippen LogP contribution in [0, 0.1) is 13.8 Å². The van der Waals surface area contributed by atoms with Gasteiger partial charge in [-0.3, -0.25) is 4.68 Å². The number of carbonyl (C=O) groups excluding carboxylic acids is 1. The van der Waals surface area contributed by atoms with Crippen LogP contribution >= 0.6 is 0 Å². The van der Waals surface area contributed by atoms with Gasteiger partial charge in [-0.1, -0.05) is 0 Å². The molecule has 0 spiro atoms. The maximum Gasteiger partial charge on any atom is 0.323 e. The molecule has 0 aliphatic heterocycles. The Hall–Kier alpha value is -2.57.